The van der Waals surface area contributed by atoms with Crippen LogP contribution in [0.15, 0.2) is 24.3 Å². The van der Waals surface area contributed by atoms with Gasteiger partial charge in [-0.05, 0) is 32.0 Å². The highest BCUT2D eigenvalue weighted by Crippen LogP contribution is 2.19. The van der Waals surface area contributed by atoms with E-state index in [9.17, 15) is 4.79 Å². The van der Waals surface area contributed by atoms with E-state index in [4.69, 9.17) is 6.42 Å². The van der Waals surface area contributed by atoms with Gasteiger partial charge in [-0.1, -0.05) is 27.9 Å². The van der Waals surface area contributed by atoms with Gasteiger partial charge in [0, 0.05) is 11.3 Å². The number of benzene rings is 1. The Kier molecular flexibility index (Phi) is 3.54. The minimum absolute atomic E-state index is 0.100. The molecule has 1 amide bonds. The maximum atomic E-state index is 11.6. The van der Waals surface area contributed by atoms with Crippen LogP contribution in [0.3, 0.4) is 0 Å². The van der Waals surface area contributed by atoms with Gasteiger partial charge in [0.1, 0.15) is 0 Å². The van der Waals surface area contributed by atoms with E-state index in [1.165, 1.54) is 0 Å². The second-order valence-electron chi connectivity index (χ2n) is 3.65. The van der Waals surface area contributed by atoms with E-state index >= 15 is 0 Å². The third-order valence-electron chi connectivity index (χ3n) is 1.83. The zero-order chi connectivity index (χ0) is 11.5. The molecule has 2 nitrogen and oxygen atoms in total. The lowest BCUT2D eigenvalue weighted by Gasteiger charge is -2.15. The summed E-state index contributed by atoms with van der Waals surface area (Å²) in [5.74, 6) is 2.42. The SMILES string of the molecule is C#Cc1cccc(NC(=O)C(C)(C)Br)c1. The molecule has 0 spiro atoms. The summed E-state index contributed by atoms with van der Waals surface area (Å²) in [5.41, 5.74) is 1.46. The molecule has 0 aliphatic carbocycles. The quantitative estimate of drug-likeness (QED) is 0.647. The Hall–Kier alpha value is -1.27. The molecule has 0 aliphatic heterocycles. The predicted octanol–water partition coefficient (Wildman–Crippen LogP) is 2.78. The van der Waals surface area contributed by atoms with Gasteiger partial charge in [0.15, 0.2) is 0 Å². The molecule has 0 heterocycles. The van der Waals surface area contributed by atoms with Crippen molar-refractivity contribution in [2.75, 3.05) is 5.32 Å². The van der Waals surface area contributed by atoms with Crippen LogP contribution < -0.4 is 5.32 Å². The predicted molar refractivity (Wildman–Crippen MR) is 66.0 cm³/mol. The zero-order valence-electron chi connectivity index (χ0n) is 8.67. The minimum atomic E-state index is -0.584. The number of terminal acetylenes is 1. The summed E-state index contributed by atoms with van der Waals surface area (Å²) in [7, 11) is 0. The van der Waals surface area contributed by atoms with Gasteiger partial charge in [0.2, 0.25) is 5.91 Å². The number of halogens is 1. The number of hydrogen-bond donors (Lipinski definition) is 1. The number of carbonyl (C=O) groups excluding carboxylic acids is 1. The fraction of sp³-hybridized carbons (Fsp3) is 0.250. The summed E-state index contributed by atoms with van der Waals surface area (Å²) < 4.78 is -0.584. The van der Waals surface area contributed by atoms with Gasteiger partial charge in [-0.2, -0.15) is 0 Å². The van der Waals surface area contributed by atoms with E-state index in [0.29, 0.717) is 5.69 Å². The van der Waals surface area contributed by atoms with Gasteiger partial charge in [-0.3, -0.25) is 4.79 Å². The molecule has 1 aromatic rings. The van der Waals surface area contributed by atoms with Gasteiger partial charge < -0.3 is 5.32 Å². The summed E-state index contributed by atoms with van der Waals surface area (Å²) >= 11 is 3.28. The molecule has 0 unspecified atom stereocenters. The molecule has 0 radical (unpaired) electrons. The molecule has 1 rings (SSSR count). The number of hydrogen-bond acceptors (Lipinski definition) is 1. The monoisotopic (exact) mass is 265 g/mol. The lowest BCUT2D eigenvalue weighted by Crippen LogP contribution is -2.30. The van der Waals surface area contributed by atoms with E-state index < -0.39 is 4.32 Å². The van der Waals surface area contributed by atoms with Crippen LogP contribution in [0.25, 0.3) is 0 Å². The second-order valence-corrected chi connectivity index (χ2v) is 5.63. The normalized spacial score (nSPS) is 10.5. The summed E-state index contributed by atoms with van der Waals surface area (Å²) in [4.78, 5) is 11.6. The largest absolute Gasteiger partial charge is 0.325 e. The molecule has 0 fully saturated rings. The molecule has 0 bridgehead atoms. The second kappa shape index (κ2) is 4.50. The van der Waals surface area contributed by atoms with Gasteiger partial charge in [-0.25, -0.2) is 0 Å². The Labute approximate surface area is 98.2 Å². The summed E-state index contributed by atoms with van der Waals surface area (Å²) in [6.07, 6.45) is 5.26. The molecule has 1 aromatic carbocycles. The van der Waals surface area contributed by atoms with Crippen LogP contribution in [-0.2, 0) is 4.79 Å². The van der Waals surface area contributed by atoms with Crippen molar-refractivity contribution in [1.82, 2.24) is 0 Å². The number of alkyl halides is 1. The average molecular weight is 266 g/mol. The number of nitrogens with one attached hydrogen (secondary N) is 1. The van der Waals surface area contributed by atoms with Crippen molar-refractivity contribution < 1.29 is 4.79 Å². The molecular weight excluding hydrogens is 254 g/mol. The molecule has 0 aliphatic rings. The lowest BCUT2D eigenvalue weighted by atomic mass is 10.1. The first-order valence-electron chi connectivity index (χ1n) is 4.50. The maximum absolute atomic E-state index is 11.6. The summed E-state index contributed by atoms with van der Waals surface area (Å²) in [5, 5.41) is 2.78. The van der Waals surface area contributed by atoms with Crippen molar-refractivity contribution in [3.63, 3.8) is 0 Å². The van der Waals surface area contributed by atoms with E-state index in [1.807, 2.05) is 12.1 Å². The number of amides is 1. The molecule has 0 atom stereocenters. The maximum Gasteiger partial charge on any atom is 0.240 e. The highest BCUT2D eigenvalue weighted by atomic mass is 79.9. The number of carbonyl (C=O) groups is 1. The van der Waals surface area contributed by atoms with Crippen molar-refractivity contribution in [3.8, 4) is 12.3 Å². The Morgan fingerprint density at radius 1 is 1.53 bits per heavy atom. The van der Waals surface area contributed by atoms with Gasteiger partial charge in [-0.15, -0.1) is 6.42 Å². The molecule has 1 N–H and O–H groups in total. The van der Waals surface area contributed by atoms with E-state index in [1.54, 1.807) is 26.0 Å². The third kappa shape index (κ3) is 3.41. The van der Waals surface area contributed by atoms with Crippen LogP contribution in [0.4, 0.5) is 5.69 Å². The summed E-state index contributed by atoms with van der Waals surface area (Å²) in [6, 6.07) is 7.19. The van der Waals surface area contributed by atoms with Crippen molar-refractivity contribution in [2.24, 2.45) is 0 Å². The standard InChI is InChI=1S/C12H12BrNO/c1-4-9-6-5-7-10(8-9)14-11(15)12(2,3)13/h1,5-8H,2-3H3,(H,14,15). The van der Waals surface area contributed by atoms with Crippen LogP contribution in [-0.4, -0.2) is 10.2 Å². The van der Waals surface area contributed by atoms with Gasteiger partial charge in [0.05, 0.1) is 4.32 Å². The van der Waals surface area contributed by atoms with E-state index in [-0.39, 0.29) is 5.91 Å². The molecule has 0 aromatic heterocycles. The number of anilines is 1. The average Bonchev–Trinajstić information content (AvgIpc) is 2.16. The van der Waals surface area contributed by atoms with Crippen LogP contribution in [0.1, 0.15) is 19.4 Å². The van der Waals surface area contributed by atoms with E-state index in [2.05, 4.69) is 27.2 Å². The van der Waals surface area contributed by atoms with Gasteiger partial charge >= 0.3 is 0 Å². The Balaban J connectivity index is 2.83. The Bertz CT molecular complexity index is 412. The Morgan fingerprint density at radius 3 is 2.73 bits per heavy atom. The van der Waals surface area contributed by atoms with Gasteiger partial charge in [0.25, 0.3) is 0 Å². The third-order valence-corrected chi connectivity index (χ3v) is 2.19. The molecule has 15 heavy (non-hydrogen) atoms. The number of rotatable bonds is 2. The topological polar surface area (TPSA) is 29.1 Å². The van der Waals surface area contributed by atoms with Crippen LogP contribution in [0, 0.1) is 12.3 Å². The minimum Gasteiger partial charge on any atom is -0.325 e. The molecule has 3 heteroatoms. The highest BCUT2D eigenvalue weighted by Gasteiger charge is 2.23. The molecule has 0 saturated heterocycles. The smallest absolute Gasteiger partial charge is 0.240 e. The zero-order valence-corrected chi connectivity index (χ0v) is 10.3. The fourth-order valence-electron chi connectivity index (χ4n) is 0.966. The first-order valence-corrected chi connectivity index (χ1v) is 5.30. The first-order chi connectivity index (χ1) is 6.93. The van der Waals surface area contributed by atoms with Crippen LogP contribution in [0.5, 0.6) is 0 Å². The fourth-order valence-corrected chi connectivity index (χ4v) is 1.07. The van der Waals surface area contributed by atoms with Crippen molar-refractivity contribution in [2.45, 2.75) is 18.2 Å². The molecular formula is C12H12BrNO. The highest BCUT2D eigenvalue weighted by molar-refractivity contribution is 9.10. The summed E-state index contributed by atoms with van der Waals surface area (Å²) in [6.45, 7) is 3.57. The lowest BCUT2D eigenvalue weighted by molar-refractivity contribution is -0.117. The first kappa shape index (κ1) is 11.8. The van der Waals surface area contributed by atoms with Crippen LogP contribution >= 0.6 is 15.9 Å². The molecule has 78 valence electrons. The molecule has 0 saturated carbocycles. The van der Waals surface area contributed by atoms with Crippen molar-refractivity contribution in [1.29, 1.82) is 0 Å². The Morgan fingerprint density at radius 2 is 2.20 bits per heavy atom. The van der Waals surface area contributed by atoms with E-state index in [0.717, 1.165) is 5.56 Å². The van der Waals surface area contributed by atoms with Crippen molar-refractivity contribution in [3.05, 3.63) is 29.8 Å². The van der Waals surface area contributed by atoms with Crippen LogP contribution in [0.2, 0.25) is 0 Å². The van der Waals surface area contributed by atoms with Crippen molar-refractivity contribution >= 4 is 27.5 Å².